The van der Waals surface area contributed by atoms with Gasteiger partial charge in [0.25, 0.3) is 5.56 Å². The lowest BCUT2D eigenvalue weighted by Crippen LogP contribution is -2.25. The van der Waals surface area contributed by atoms with E-state index in [4.69, 9.17) is 14.6 Å². The van der Waals surface area contributed by atoms with E-state index in [0.29, 0.717) is 17.2 Å². The number of aromatic nitrogens is 4. The van der Waals surface area contributed by atoms with Crippen molar-refractivity contribution in [2.75, 3.05) is 0 Å². The zero-order valence-corrected chi connectivity index (χ0v) is 19.1. The maximum Gasteiger partial charge on any atom is 0.490 e. The van der Waals surface area contributed by atoms with Gasteiger partial charge >= 0.3 is 12.1 Å². The molecule has 2 heterocycles. The normalized spacial score (nSPS) is 10.9. The van der Waals surface area contributed by atoms with Crippen LogP contribution in [0.2, 0.25) is 0 Å². The lowest BCUT2D eigenvalue weighted by atomic mass is 10.2. The number of carboxylic acid groups (broad SMARTS) is 1. The van der Waals surface area contributed by atoms with E-state index in [1.165, 1.54) is 10.6 Å². The third-order valence-electron chi connectivity index (χ3n) is 4.10. The van der Waals surface area contributed by atoms with Gasteiger partial charge in [-0.15, -0.1) is 5.10 Å². The summed E-state index contributed by atoms with van der Waals surface area (Å²) in [5.41, 5.74) is 1.03. The topological polar surface area (TPSA) is 107 Å². The number of ether oxygens (including phenoxy) is 1. The van der Waals surface area contributed by atoms with Crippen molar-refractivity contribution >= 4 is 21.9 Å². The van der Waals surface area contributed by atoms with Gasteiger partial charge in [0, 0.05) is 23.4 Å². The molecule has 0 aliphatic heterocycles. The van der Waals surface area contributed by atoms with Crippen molar-refractivity contribution in [3.63, 3.8) is 0 Å². The number of pyridine rings is 1. The molecule has 0 fully saturated rings. The maximum atomic E-state index is 13.7. The van der Waals surface area contributed by atoms with Crippen LogP contribution in [0.15, 0.2) is 39.7 Å². The van der Waals surface area contributed by atoms with Gasteiger partial charge in [0.2, 0.25) is 0 Å². The molecule has 0 bridgehead atoms. The van der Waals surface area contributed by atoms with Gasteiger partial charge in [0.15, 0.2) is 0 Å². The Morgan fingerprint density at radius 1 is 1.18 bits per heavy atom. The SMILES string of the molecule is Cc1ncc(Cn2c(C)cc(OCc3ccc(F)cc3F)c(Br)c2=O)nn1.O=C(O)C(F)(F)F. The van der Waals surface area contributed by atoms with Crippen molar-refractivity contribution in [1.82, 2.24) is 19.7 Å². The Morgan fingerprint density at radius 2 is 1.82 bits per heavy atom. The van der Waals surface area contributed by atoms with Crippen LogP contribution in [0, 0.1) is 25.5 Å². The van der Waals surface area contributed by atoms with Crippen molar-refractivity contribution in [2.24, 2.45) is 0 Å². The minimum atomic E-state index is -5.08. The lowest BCUT2D eigenvalue weighted by Gasteiger charge is -2.14. The number of benzene rings is 1. The number of hydrogen-bond donors (Lipinski definition) is 1. The second-order valence-corrected chi connectivity index (χ2v) is 7.47. The Bertz CT molecular complexity index is 1230. The first-order valence-electron chi connectivity index (χ1n) is 9.21. The molecule has 1 N–H and O–H groups in total. The zero-order valence-electron chi connectivity index (χ0n) is 17.5. The summed E-state index contributed by atoms with van der Waals surface area (Å²) in [6.07, 6.45) is -3.52. The van der Waals surface area contributed by atoms with Crippen LogP contribution in [0.25, 0.3) is 0 Å². The Balaban J connectivity index is 0.000000509. The fraction of sp³-hybridized carbons (Fsp3) is 0.250. The quantitative estimate of drug-likeness (QED) is 0.479. The van der Waals surface area contributed by atoms with Crippen LogP contribution in [0.3, 0.4) is 0 Å². The Morgan fingerprint density at radius 3 is 2.35 bits per heavy atom. The predicted octanol–water partition coefficient (Wildman–Crippen LogP) is 3.95. The molecule has 0 radical (unpaired) electrons. The zero-order chi connectivity index (χ0) is 25.6. The van der Waals surface area contributed by atoms with E-state index in [1.807, 2.05) is 0 Å². The van der Waals surface area contributed by atoms with Crippen LogP contribution >= 0.6 is 15.9 Å². The second kappa shape index (κ2) is 11.1. The second-order valence-electron chi connectivity index (χ2n) is 6.68. The molecule has 0 aliphatic carbocycles. The van der Waals surface area contributed by atoms with Gasteiger partial charge in [0.1, 0.15) is 40.0 Å². The van der Waals surface area contributed by atoms with E-state index >= 15 is 0 Å². The third-order valence-corrected chi connectivity index (χ3v) is 4.83. The van der Waals surface area contributed by atoms with Crippen LogP contribution in [-0.2, 0) is 17.9 Å². The number of halogens is 6. The number of hydrogen-bond acceptors (Lipinski definition) is 6. The third kappa shape index (κ3) is 7.30. The number of rotatable bonds is 5. The maximum absolute atomic E-state index is 13.7. The van der Waals surface area contributed by atoms with Crippen molar-refractivity contribution < 1.29 is 36.6 Å². The molecule has 0 saturated heterocycles. The first kappa shape index (κ1) is 26.8. The molecule has 0 spiro atoms. The van der Waals surface area contributed by atoms with Gasteiger partial charge in [-0.25, -0.2) is 18.6 Å². The number of carbonyl (C=O) groups is 1. The molecule has 3 rings (SSSR count). The first-order chi connectivity index (χ1) is 15.8. The summed E-state index contributed by atoms with van der Waals surface area (Å²) >= 11 is 3.23. The van der Waals surface area contributed by atoms with Gasteiger partial charge in [0.05, 0.1) is 12.7 Å². The molecule has 3 aromatic rings. The summed E-state index contributed by atoms with van der Waals surface area (Å²) in [6, 6.07) is 4.89. The standard InChI is InChI=1S/C18H15BrF2N4O2.C2HF3O2/c1-10-5-16(27-9-12-3-4-13(20)6-15(12)21)17(19)18(26)25(10)8-14-7-22-11(2)23-24-14;3-2(4,5)1(6)7/h3-7H,8-9H2,1-2H3;(H,6,7). The summed E-state index contributed by atoms with van der Waals surface area (Å²) in [5.74, 6) is -3.31. The van der Waals surface area contributed by atoms with Crippen molar-refractivity contribution in [1.29, 1.82) is 0 Å². The fourth-order valence-electron chi connectivity index (χ4n) is 2.40. The fourth-order valence-corrected chi connectivity index (χ4v) is 2.84. The van der Waals surface area contributed by atoms with Crippen LogP contribution in [0.1, 0.15) is 22.8 Å². The van der Waals surface area contributed by atoms with Crippen LogP contribution in [0.5, 0.6) is 5.75 Å². The molecule has 1 aromatic carbocycles. The number of aryl methyl sites for hydroxylation is 2. The van der Waals surface area contributed by atoms with Gasteiger partial charge in [-0.2, -0.15) is 18.3 Å². The van der Waals surface area contributed by atoms with E-state index < -0.39 is 23.8 Å². The van der Waals surface area contributed by atoms with Crippen LogP contribution in [0.4, 0.5) is 22.0 Å². The highest BCUT2D eigenvalue weighted by Crippen LogP contribution is 2.24. The lowest BCUT2D eigenvalue weighted by molar-refractivity contribution is -0.192. The van der Waals surface area contributed by atoms with E-state index in [9.17, 15) is 26.7 Å². The molecule has 8 nitrogen and oxygen atoms in total. The highest BCUT2D eigenvalue weighted by molar-refractivity contribution is 9.10. The van der Waals surface area contributed by atoms with Crippen LogP contribution < -0.4 is 10.3 Å². The average Bonchev–Trinajstić information content (AvgIpc) is 2.75. The molecule has 2 aromatic heterocycles. The molecule has 34 heavy (non-hydrogen) atoms. The summed E-state index contributed by atoms with van der Waals surface area (Å²) < 4.78 is 65.7. The Labute approximate surface area is 197 Å². The number of nitrogens with zero attached hydrogens (tertiary/aromatic N) is 4. The van der Waals surface area contributed by atoms with Crippen LogP contribution in [-0.4, -0.2) is 37.0 Å². The molecule has 0 amide bonds. The molecule has 14 heteroatoms. The van der Waals surface area contributed by atoms with Gasteiger partial charge in [-0.3, -0.25) is 4.79 Å². The summed E-state index contributed by atoms with van der Waals surface area (Å²) in [4.78, 5) is 25.6. The molecular formula is C20H16BrF5N4O4. The minimum Gasteiger partial charge on any atom is -0.487 e. The molecule has 182 valence electrons. The molecular weight excluding hydrogens is 535 g/mol. The Kier molecular flexibility index (Phi) is 8.79. The van der Waals surface area contributed by atoms with Crippen molar-refractivity contribution in [2.45, 2.75) is 33.2 Å². The largest absolute Gasteiger partial charge is 0.490 e. The van der Waals surface area contributed by atoms with Gasteiger partial charge < -0.3 is 14.4 Å². The number of carboxylic acids is 1. The van der Waals surface area contributed by atoms with Crippen molar-refractivity contribution in [3.8, 4) is 5.75 Å². The van der Waals surface area contributed by atoms with Gasteiger partial charge in [-0.1, -0.05) is 0 Å². The monoisotopic (exact) mass is 550 g/mol. The van der Waals surface area contributed by atoms with Crippen molar-refractivity contribution in [3.05, 3.63) is 79.7 Å². The highest BCUT2D eigenvalue weighted by atomic mass is 79.9. The van der Waals surface area contributed by atoms with E-state index in [-0.39, 0.29) is 34.5 Å². The summed E-state index contributed by atoms with van der Waals surface area (Å²) in [6.45, 7) is 3.53. The van der Waals surface area contributed by atoms with Gasteiger partial charge in [-0.05, 0) is 41.9 Å². The molecule has 0 atom stereocenters. The van der Waals surface area contributed by atoms with E-state index in [2.05, 4.69) is 31.1 Å². The minimum absolute atomic E-state index is 0.138. The molecule has 0 unspecified atom stereocenters. The number of alkyl halides is 3. The smallest absolute Gasteiger partial charge is 0.487 e. The summed E-state index contributed by atoms with van der Waals surface area (Å²) in [5, 5.41) is 15.0. The molecule has 0 saturated carbocycles. The summed E-state index contributed by atoms with van der Waals surface area (Å²) in [7, 11) is 0. The van der Waals surface area contributed by atoms with E-state index in [1.54, 1.807) is 26.1 Å². The predicted molar refractivity (Wildman–Crippen MR) is 111 cm³/mol. The average molecular weight is 551 g/mol. The Hall–Kier alpha value is -3.42. The number of aliphatic carboxylic acids is 1. The highest BCUT2D eigenvalue weighted by Gasteiger charge is 2.38. The van der Waals surface area contributed by atoms with E-state index in [0.717, 1.165) is 12.1 Å². The first-order valence-corrected chi connectivity index (χ1v) is 10.0. The molecule has 0 aliphatic rings.